The van der Waals surface area contributed by atoms with Crippen molar-refractivity contribution in [3.05, 3.63) is 88.5 Å². The van der Waals surface area contributed by atoms with Gasteiger partial charge in [-0.05, 0) is 82.6 Å². The van der Waals surface area contributed by atoms with Crippen LogP contribution in [0.25, 0.3) is 0 Å². The van der Waals surface area contributed by atoms with E-state index >= 15 is 4.57 Å². The highest BCUT2D eigenvalue weighted by molar-refractivity contribution is 7.99. The molecular weight excluding hydrogens is 491 g/mol. The third-order valence-electron chi connectivity index (χ3n) is 9.81. The van der Waals surface area contributed by atoms with E-state index in [1.807, 2.05) is 17.8 Å². The molecule has 2 bridgehead atoms. The van der Waals surface area contributed by atoms with E-state index in [0.717, 1.165) is 61.8 Å². The zero-order valence-corrected chi connectivity index (χ0v) is 24.7. The van der Waals surface area contributed by atoms with Gasteiger partial charge in [-0.25, -0.2) is 0 Å². The van der Waals surface area contributed by atoms with Crippen LogP contribution in [0.4, 0.5) is 0 Å². The highest BCUT2D eigenvalue weighted by atomic mass is 32.2. The molecule has 0 N–H and O–H groups in total. The van der Waals surface area contributed by atoms with Gasteiger partial charge in [0.25, 0.3) is 0 Å². The highest BCUT2D eigenvalue weighted by Gasteiger charge is 2.66. The molecule has 0 aromatic heterocycles. The minimum atomic E-state index is -3.15. The quantitative estimate of drug-likeness (QED) is 0.327. The maximum absolute atomic E-state index is 15.7. The topological polar surface area (TPSA) is 26.3 Å². The predicted molar refractivity (Wildman–Crippen MR) is 158 cm³/mol. The molecular formula is C33H39O2PS. The summed E-state index contributed by atoms with van der Waals surface area (Å²) < 4.78 is 22.7. The maximum atomic E-state index is 15.7. The van der Waals surface area contributed by atoms with E-state index in [-0.39, 0.29) is 10.9 Å². The predicted octanol–water partition coefficient (Wildman–Crippen LogP) is 7.52. The van der Waals surface area contributed by atoms with E-state index in [0.29, 0.717) is 11.5 Å². The fraction of sp³-hybridized carbons (Fsp3) is 0.455. The van der Waals surface area contributed by atoms with Gasteiger partial charge in [0.2, 0.25) is 0 Å². The lowest BCUT2D eigenvalue weighted by molar-refractivity contribution is -0.0667. The largest absolute Gasteiger partial charge is 0.359 e. The summed E-state index contributed by atoms with van der Waals surface area (Å²) in [5, 5.41) is 2.77. The van der Waals surface area contributed by atoms with E-state index < -0.39 is 7.14 Å². The molecule has 4 heteroatoms. The van der Waals surface area contributed by atoms with Crippen molar-refractivity contribution < 1.29 is 9.30 Å². The summed E-state index contributed by atoms with van der Waals surface area (Å²) in [6.45, 7) is 13.3. The van der Waals surface area contributed by atoms with Crippen LogP contribution in [-0.4, -0.2) is 11.9 Å². The zero-order valence-electron chi connectivity index (χ0n) is 23.0. The third-order valence-corrected chi connectivity index (χ3v) is 14.2. The molecule has 3 aliphatic rings. The Labute approximate surface area is 227 Å². The van der Waals surface area contributed by atoms with Gasteiger partial charge in [0.05, 0.1) is 6.10 Å². The lowest BCUT2D eigenvalue weighted by Crippen LogP contribution is -2.46. The Morgan fingerprint density at radius 3 is 2.00 bits per heavy atom. The summed E-state index contributed by atoms with van der Waals surface area (Å²) >= 11 is 1.94. The van der Waals surface area contributed by atoms with Gasteiger partial charge in [0.15, 0.2) is 7.14 Å². The Hall–Kier alpha value is -1.80. The summed E-state index contributed by atoms with van der Waals surface area (Å²) in [5.41, 5.74) is 6.19. The number of rotatable bonds is 4. The molecule has 0 amide bonds. The fourth-order valence-electron chi connectivity index (χ4n) is 7.77. The molecule has 2 nitrogen and oxygen atoms in total. The van der Waals surface area contributed by atoms with Gasteiger partial charge in [-0.15, -0.1) is 11.8 Å². The van der Waals surface area contributed by atoms with Crippen LogP contribution >= 0.6 is 18.9 Å². The van der Waals surface area contributed by atoms with Gasteiger partial charge in [-0.1, -0.05) is 72.5 Å². The number of benzene rings is 3. The van der Waals surface area contributed by atoms with Crippen molar-refractivity contribution in [3.8, 4) is 0 Å². The smallest absolute Gasteiger partial charge is 0.171 e. The third kappa shape index (κ3) is 3.83. The van der Waals surface area contributed by atoms with Gasteiger partial charge in [0.1, 0.15) is 5.44 Å². The number of hydrogen-bond acceptors (Lipinski definition) is 3. The number of thioether (sulfide) groups is 1. The van der Waals surface area contributed by atoms with Gasteiger partial charge in [0, 0.05) is 32.6 Å². The van der Waals surface area contributed by atoms with Gasteiger partial charge < -0.3 is 9.30 Å². The summed E-state index contributed by atoms with van der Waals surface area (Å²) in [4.78, 5) is 0. The average molecular weight is 531 g/mol. The molecule has 3 fully saturated rings. The van der Waals surface area contributed by atoms with Crippen molar-refractivity contribution in [1.82, 2.24) is 0 Å². The SMILES string of the molecule is Cc1cc(C)cc(P(=O)(c2cc(C)cc(C)c2)c2ccccc2[C@@H]2O[C@@H]3C[C@H]4CC[C@]3(CS2)C4(C)C)c1. The molecule has 2 aliphatic carbocycles. The van der Waals surface area contributed by atoms with Crippen molar-refractivity contribution in [2.24, 2.45) is 16.7 Å². The standard InChI is InChI=1S/C33H39O2PS/c1-21-13-22(2)16-26(15-21)36(34,27-17-23(3)14-24(4)18-27)29-10-8-7-9-28(29)31-35-30-19-25-11-12-33(30,20-37-31)32(25,5)6/h7-10,13-18,25,30-31H,11-12,19-20H2,1-6H3/t25-,30-,31-,33-/m1/s1. The van der Waals surface area contributed by atoms with Crippen LogP contribution in [0.2, 0.25) is 0 Å². The molecule has 0 radical (unpaired) electrons. The second kappa shape index (κ2) is 8.87. The average Bonchev–Trinajstić information content (AvgIpc) is 3.22. The lowest BCUT2D eigenvalue weighted by atomic mass is 9.69. The first kappa shape index (κ1) is 25.5. The van der Waals surface area contributed by atoms with Crippen LogP contribution in [-0.2, 0) is 9.30 Å². The van der Waals surface area contributed by atoms with Crippen LogP contribution in [0.15, 0.2) is 60.7 Å². The van der Waals surface area contributed by atoms with Gasteiger partial charge >= 0.3 is 0 Å². The molecule has 6 rings (SSSR count). The lowest BCUT2D eigenvalue weighted by Gasteiger charge is -2.47. The first-order valence-corrected chi connectivity index (χ1v) is 16.4. The van der Waals surface area contributed by atoms with Crippen LogP contribution in [0.3, 0.4) is 0 Å². The molecule has 1 aliphatic heterocycles. The Morgan fingerprint density at radius 1 is 0.865 bits per heavy atom. The number of fused-ring (bicyclic) bond motifs is 1. The fourth-order valence-corrected chi connectivity index (χ4v) is 12.9. The number of ether oxygens (including phenoxy) is 1. The molecule has 3 aromatic carbocycles. The van der Waals surface area contributed by atoms with Crippen molar-refractivity contribution in [2.45, 2.75) is 72.3 Å². The van der Waals surface area contributed by atoms with Gasteiger partial charge in [-0.2, -0.15) is 0 Å². The summed E-state index contributed by atoms with van der Waals surface area (Å²) in [6.07, 6.45) is 4.07. The Bertz CT molecular complexity index is 1330. The first-order valence-electron chi connectivity index (χ1n) is 13.7. The minimum Gasteiger partial charge on any atom is -0.359 e. The second-order valence-corrected chi connectivity index (χ2v) is 16.3. The van der Waals surface area contributed by atoms with Crippen molar-refractivity contribution >= 4 is 34.8 Å². The Balaban J connectivity index is 1.49. The molecule has 37 heavy (non-hydrogen) atoms. The van der Waals surface area contributed by atoms with E-state index in [2.05, 4.69) is 96.1 Å². The molecule has 2 saturated carbocycles. The van der Waals surface area contributed by atoms with Crippen LogP contribution < -0.4 is 15.9 Å². The monoisotopic (exact) mass is 530 g/mol. The second-order valence-electron chi connectivity index (χ2n) is 12.5. The van der Waals surface area contributed by atoms with Gasteiger partial charge in [-0.3, -0.25) is 0 Å². The minimum absolute atomic E-state index is 0.0906. The Kier molecular flexibility index (Phi) is 6.11. The van der Waals surface area contributed by atoms with Crippen LogP contribution in [0, 0.1) is 44.4 Å². The van der Waals surface area contributed by atoms with Crippen molar-refractivity contribution in [3.63, 3.8) is 0 Å². The van der Waals surface area contributed by atoms with E-state index in [4.69, 9.17) is 4.74 Å². The molecule has 4 atom stereocenters. The molecule has 3 aromatic rings. The highest BCUT2D eigenvalue weighted by Crippen LogP contribution is 2.70. The molecule has 1 saturated heterocycles. The van der Waals surface area contributed by atoms with E-state index in [9.17, 15) is 0 Å². The molecule has 194 valence electrons. The molecule has 1 heterocycles. The normalized spacial score (nSPS) is 28.3. The zero-order chi connectivity index (χ0) is 26.2. The molecule has 0 unspecified atom stereocenters. The van der Waals surface area contributed by atoms with Crippen molar-refractivity contribution in [2.75, 3.05) is 5.75 Å². The number of hydrogen-bond donors (Lipinski definition) is 0. The van der Waals surface area contributed by atoms with Crippen LogP contribution in [0.1, 0.15) is 66.4 Å². The Morgan fingerprint density at radius 2 is 1.43 bits per heavy atom. The van der Waals surface area contributed by atoms with E-state index in [1.165, 1.54) is 12.8 Å². The summed E-state index contributed by atoms with van der Waals surface area (Å²) in [5.74, 6) is 1.88. The van der Waals surface area contributed by atoms with Crippen LogP contribution in [0.5, 0.6) is 0 Å². The first-order chi connectivity index (χ1) is 17.5. The summed E-state index contributed by atoms with van der Waals surface area (Å²) in [7, 11) is -3.15. The molecule has 1 spiro atoms. The maximum Gasteiger partial charge on any atom is 0.171 e. The van der Waals surface area contributed by atoms with E-state index in [1.54, 1.807) is 0 Å². The van der Waals surface area contributed by atoms with Crippen molar-refractivity contribution in [1.29, 1.82) is 0 Å². The number of aryl methyl sites for hydroxylation is 4. The summed E-state index contributed by atoms with van der Waals surface area (Å²) in [6, 6.07) is 21.3.